The Labute approximate surface area is 100 Å². The normalized spacial score (nSPS) is 10.8. The van der Waals surface area contributed by atoms with Crippen molar-refractivity contribution in [2.75, 3.05) is 0 Å². The highest BCUT2D eigenvalue weighted by Gasteiger charge is 2.18. The third-order valence-corrected chi connectivity index (χ3v) is 2.56. The van der Waals surface area contributed by atoms with Crippen molar-refractivity contribution in [1.29, 1.82) is 0 Å². The van der Waals surface area contributed by atoms with Crippen LogP contribution in [0, 0.1) is 11.6 Å². The summed E-state index contributed by atoms with van der Waals surface area (Å²) in [5.41, 5.74) is 1.02. The Morgan fingerprint density at radius 3 is 2.78 bits per heavy atom. The average Bonchev–Trinajstić information content (AvgIpc) is 3.01. The lowest BCUT2D eigenvalue weighted by Gasteiger charge is -2.02. The number of aromatic nitrogens is 3. The van der Waals surface area contributed by atoms with Gasteiger partial charge in [0.1, 0.15) is 5.69 Å². The zero-order valence-corrected chi connectivity index (χ0v) is 9.02. The van der Waals surface area contributed by atoms with E-state index in [0.29, 0.717) is 17.0 Å². The topological polar surface area (TPSA) is 54.7 Å². The molecule has 18 heavy (non-hydrogen) atoms. The highest BCUT2D eigenvalue weighted by atomic mass is 19.2. The van der Waals surface area contributed by atoms with E-state index >= 15 is 0 Å². The van der Waals surface area contributed by atoms with Crippen molar-refractivity contribution in [2.45, 2.75) is 0 Å². The number of benzene rings is 1. The summed E-state index contributed by atoms with van der Waals surface area (Å²) < 4.78 is 32.0. The van der Waals surface area contributed by atoms with Crippen LogP contribution >= 0.6 is 0 Å². The van der Waals surface area contributed by atoms with Gasteiger partial charge >= 0.3 is 0 Å². The molecule has 6 heteroatoms. The molecule has 0 fully saturated rings. The molecule has 3 rings (SSSR count). The van der Waals surface area contributed by atoms with Gasteiger partial charge in [0, 0.05) is 11.8 Å². The molecule has 0 spiro atoms. The van der Waals surface area contributed by atoms with E-state index in [1.165, 1.54) is 24.5 Å². The van der Waals surface area contributed by atoms with Gasteiger partial charge in [-0.25, -0.2) is 8.78 Å². The number of halogens is 2. The van der Waals surface area contributed by atoms with Gasteiger partial charge in [0.05, 0.1) is 11.8 Å². The molecule has 0 aliphatic rings. The highest BCUT2D eigenvalue weighted by Crippen LogP contribution is 2.32. The van der Waals surface area contributed by atoms with Crippen molar-refractivity contribution in [1.82, 2.24) is 15.4 Å². The molecule has 1 aromatic carbocycles. The monoisotopic (exact) mass is 247 g/mol. The molecule has 2 heterocycles. The maximum Gasteiger partial charge on any atom is 0.192 e. The lowest BCUT2D eigenvalue weighted by molar-refractivity contribution is 0.431. The molecule has 0 atom stereocenters. The molecule has 0 unspecified atom stereocenters. The SMILES string of the molecule is Fc1cccc(-c2cnoc2-c2ccn[nH]2)c1F. The first-order valence-electron chi connectivity index (χ1n) is 5.16. The summed E-state index contributed by atoms with van der Waals surface area (Å²) in [4.78, 5) is 0. The van der Waals surface area contributed by atoms with E-state index in [1.54, 1.807) is 6.07 Å². The van der Waals surface area contributed by atoms with E-state index in [2.05, 4.69) is 15.4 Å². The number of aromatic amines is 1. The summed E-state index contributed by atoms with van der Waals surface area (Å²) in [5, 5.41) is 10.1. The van der Waals surface area contributed by atoms with Gasteiger partial charge in [0.2, 0.25) is 0 Å². The average molecular weight is 247 g/mol. The van der Waals surface area contributed by atoms with Crippen molar-refractivity contribution in [2.24, 2.45) is 0 Å². The Balaban J connectivity index is 2.19. The summed E-state index contributed by atoms with van der Waals surface area (Å²) in [6, 6.07) is 5.60. The van der Waals surface area contributed by atoms with E-state index in [4.69, 9.17) is 4.52 Å². The predicted octanol–water partition coefficient (Wildman–Crippen LogP) is 3.01. The van der Waals surface area contributed by atoms with Crippen LogP contribution in [0.2, 0.25) is 0 Å². The number of H-pyrrole nitrogens is 1. The van der Waals surface area contributed by atoms with E-state index in [-0.39, 0.29) is 5.56 Å². The van der Waals surface area contributed by atoms with Crippen molar-refractivity contribution in [3.05, 3.63) is 48.3 Å². The fraction of sp³-hybridized carbons (Fsp3) is 0. The van der Waals surface area contributed by atoms with Crippen LogP contribution in [0.1, 0.15) is 0 Å². The summed E-state index contributed by atoms with van der Waals surface area (Å²) in [6.07, 6.45) is 2.87. The molecule has 4 nitrogen and oxygen atoms in total. The molecule has 0 saturated heterocycles. The molecule has 1 N–H and O–H groups in total. The molecule has 3 aromatic rings. The standard InChI is InChI=1S/C12H7F2N3O/c13-9-3-1-2-7(11(9)14)8-6-16-18-12(8)10-4-5-15-17-10/h1-6H,(H,15,17). The van der Waals surface area contributed by atoms with Gasteiger partial charge in [-0.1, -0.05) is 17.3 Å². The third-order valence-electron chi connectivity index (χ3n) is 2.56. The maximum atomic E-state index is 13.7. The zero-order chi connectivity index (χ0) is 12.5. The molecule has 2 aromatic heterocycles. The van der Waals surface area contributed by atoms with E-state index < -0.39 is 11.6 Å². The molecule has 0 bridgehead atoms. The zero-order valence-electron chi connectivity index (χ0n) is 9.02. The van der Waals surface area contributed by atoms with E-state index in [1.807, 2.05) is 0 Å². The Hall–Kier alpha value is -2.50. The second kappa shape index (κ2) is 4.06. The molecule has 0 radical (unpaired) electrons. The fourth-order valence-corrected chi connectivity index (χ4v) is 1.72. The minimum absolute atomic E-state index is 0.0980. The molecule has 0 saturated carbocycles. The molecular formula is C12H7F2N3O. The summed E-state index contributed by atoms with van der Waals surface area (Å²) in [5.74, 6) is -1.53. The van der Waals surface area contributed by atoms with Crippen LogP contribution in [0.15, 0.2) is 41.2 Å². The number of hydrogen-bond donors (Lipinski definition) is 1. The summed E-state index contributed by atoms with van der Waals surface area (Å²) in [6.45, 7) is 0. The van der Waals surface area contributed by atoms with Crippen LogP contribution in [0.25, 0.3) is 22.6 Å². The van der Waals surface area contributed by atoms with E-state index in [0.717, 1.165) is 6.07 Å². The van der Waals surface area contributed by atoms with Crippen LogP contribution in [0.3, 0.4) is 0 Å². The molecule has 0 aliphatic heterocycles. The molecule has 0 amide bonds. The maximum absolute atomic E-state index is 13.7. The second-order valence-electron chi connectivity index (χ2n) is 3.64. The van der Waals surface area contributed by atoms with Gasteiger partial charge in [0.25, 0.3) is 0 Å². The summed E-state index contributed by atoms with van der Waals surface area (Å²) >= 11 is 0. The molecule has 0 aliphatic carbocycles. The van der Waals surface area contributed by atoms with E-state index in [9.17, 15) is 8.78 Å². The lowest BCUT2D eigenvalue weighted by atomic mass is 10.0. The van der Waals surface area contributed by atoms with Crippen molar-refractivity contribution >= 4 is 0 Å². The minimum atomic E-state index is -0.929. The van der Waals surface area contributed by atoms with Gasteiger partial charge in [-0.2, -0.15) is 5.10 Å². The molecule has 90 valence electrons. The Kier molecular flexibility index (Phi) is 2.40. The molecular weight excluding hydrogens is 240 g/mol. The number of nitrogens with zero attached hydrogens (tertiary/aromatic N) is 2. The quantitative estimate of drug-likeness (QED) is 0.757. The number of hydrogen-bond acceptors (Lipinski definition) is 3. The first kappa shape index (κ1) is 10.6. The predicted molar refractivity (Wildman–Crippen MR) is 59.4 cm³/mol. The van der Waals surface area contributed by atoms with Crippen molar-refractivity contribution in [3.8, 4) is 22.6 Å². The Bertz CT molecular complexity index is 676. The summed E-state index contributed by atoms with van der Waals surface area (Å²) in [7, 11) is 0. The first-order valence-corrected chi connectivity index (χ1v) is 5.16. The Morgan fingerprint density at radius 2 is 2.00 bits per heavy atom. The smallest absolute Gasteiger partial charge is 0.192 e. The number of rotatable bonds is 2. The van der Waals surface area contributed by atoms with Gasteiger partial charge in [-0.15, -0.1) is 0 Å². The van der Waals surface area contributed by atoms with Gasteiger partial charge < -0.3 is 4.52 Å². The van der Waals surface area contributed by atoms with Gasteiger partial charge in [0.15, 0.2) is 17.4 Å². The second-order valence-corrected chi connectivity index (χ2v) is 3.64. The van der Waals surface area contributed by atoms with Crippen LogP contribution in [0.5, 0.6) is 0 Å². The fourth-order valence-electron chi connectivity index (χ4n) is 1.72. The largest absolute Gasteiger partial charge is 0.354 e. The minimum Gasteiger partial charge on any atom is -0.354 e. The Morgan fingerprint density at radius 1 is 1.11 bits per heavy atom. The van der Waals surface area contributed by atoms with Gasteiger partial charge in [-0.3, -0.25) is 5.10 Å². The number of nitrogens with one attached hydrogen (secondary N) is 1. The van der Waals surface area contributed by atoms with Crippen molar-refractivity contribution in [3.63, 3.8) is 0 Å². The highest BCUT2D eigenvalue weighted by molar-refractivity contribution is 5.77. The lowest BCUT2D eigenvalue weighted by Crippen LogP contribution is -1.89. The van der Waals surface area contributed by atoms with Gasteiger partial charge in [-0.05, 0) is 12.1 Å². The van der Waals surface area contributed by atoms with Crippen LogP contribution in [0.4, 0.5) is 8.78 Å². The van der Waals surface area contributed by atoms with Crippen LogP contribution in [-0.2, 0) is 0 Å². The van der Waals surface area contributed by atoms with Crippen molar-refractivity contribution < 1.29 is 13.3 Å². The first-order chi connectivity index (χ1) is 8.77. The van der Waals surface area contributed by atoms with Crippen LogP contribution < -0.4 is 0 Å². The third kappa shape index (κ3) is 1.58. The van der Waals surface area contributed by atoms with Crippen LogP contribution in [-0.4, -0.2) is 15.4 Å².